The van der Waals surface area contributed by atoms with E-state index >= 15 is 0 Å². The molecule has 0 fully saturated rings. The van der Waals surface area contributed by atoms with Gasteiger partial charge in [0.25, 0.3) is 5.91 Å². The molecule has 0 spiro atoms. The van der Waals surface area contributed by atoms with Gasteiger partial charge in [0, 0.05) is 15.1 Å². The van der Waals surface area contributed by atoms with Crippen molar-refractivity contribution in [2.75, 3.05) is 11.1 Å². The summed E-state index contributed by atoms with van der Waals surface area (Å²) >= 11 is 9.25. The van der Waals surface area contributed by atoms with Crippen molar-refractivity contribution >= 4 is 44.8 Å². The number of carbonyl (C=O) groups is 1. The molecule has 2 rings (SSSR count). The summed E-state index contributed by atoms with van der Waals surface area (Å²) in [6.45, 7) is 1.93. The van der Waals surface area contributed by atoms with E-state index in [-0.39, 0.29) is 5.91 Å². The number of nitrogen functional groups attached to an aromatic ring is 1. The van der Waals surface area contributed by atoms with Crippen LogP contribution in [0, 0.1) is 6.92 Å². The van der Waals surface area contributed by atoms with Gasteiger partial charge in [0.05, 0.1) is 11.4 Å². The highest BCUT2D eigenvalue weighted by Crippen LogP contribution is 2.30. The minimum atomic E-state index is -0.251. The first kappa shape index (κ1) is 13.9. The number of halogens is 2. The molecule has 0 saturated carbocycles. The van der Waals surface area contributed by atoms with Crippen LogP contribution in [0.15, 0.2) is 40.9 Å². The van der Waals surface area contributed by atoms with E-state index in [1.54, 1.807) is 30.3 Å². The molecule has 5 heteroatoms. The molecule has 2 aromatic carbocycles. The molecule has 98 valence electrons. The maximum absolute atomic E-state index is 12.1. The largest absolute Gasteiger partial charge is 0.397 e. The summed E-state index contributed by atoms with van der Waals surface area (Å²) in [6, 6.07) is 10.4. The minimum absolute atomic E-state index is 0.251. The van der Waals surface area contributed by atoms with Crippen LogP contribution in [0.2, 0.25) is 5.02 Å². The Hall–Kier alpha value is -1.52. The first-order valence-electron chi connectivity index (χ1n) is 5.60. The zero-order valence-corrected chi connectivity index (χ0v) is 12.5. The molecule has 0 atom stereocenters. The van der Waals surface area contributed by atoms with Gasteiger partial charge < -0.3 is 11.1 Å². The third-order valence-corrected chi connectivity index (χ3v) is 3.45. The molecule has 0 radical (unpaired) electrons. The quantitative estimate of drug-likeness (QED) is 0.804. The van der Waals surface area contributed by atoms with E-state index in [0.29, 0.717) is 22.0 Å². The van der Waals surface area contributed by atoms with Crippen LogP contribution in [0.5, 0.6) is 0 Å². The molecule has 0 unspecified atom stereocenters. The van der Waals surface area contributed by atoms with Gasteiger partial charge >= 0.3 is 0 Å². The molecule has 0 aliphatic rings. The third kappa shape index (κ3) is 3.28. The monoisotopic (exact) mass is 338 g/mol. The van der Waals surface area contributed by atoms with Crippen molar-refractivity contribution in [2.24, 2.45) is 0 Å². The Kier molecular flexibility index (Phi) is 4.12. The number of amides is 1. The molecular formula is C14H12BrClN2O. The lowest BCUT2D eigenvalue weighted by atomic mass is 10.1. The van der Waals surface area contributed by atoms with Gasteiger partial charge in [0.1, 0.15) is 0 Å². The lowest BCUT2D eigenvalue weighted by molar-refractivity contribution is 0.102. The molecule has 19 heavy (non-hydrogen) atoms. The number of aryl methyl sites for hydroxylation is 1. The minimum Gasteiger partial charge on any atom is -0.397 e. The van der Waals surface area contributed by atoms with Crippen LogP contribution in [0.25, 0.3) is 0 Å². The van der Waals surface area contributed by atoms with Crippen LogP contribution in [0.3, 0.4) is 0 Å². The van der Waals surface area contributed by atoms with Crippen molar-refractivity contribution in [3.05, 3.63) is 57.0 Å². The summed E-state index contributed by atoms with van der Waals surface area (Å²) in [5, 5.41) is 3.30. The van der Waals surface area contributed by atoms with Crippen LogP contribution < -0.4 is 11.1 Å². The zero-order valence-electron chi connectivity index (χ0n) is 10.2. The maximum atomic E-state index is 12.1. The SMILES string of the molecule is Cc1cc(N)c(NC(=O)c2cccc(Cl)c2)c(Br)c1. The fourth-order valence-electron chi connectivity index (χ4n) is 1.72. The molecule has 0 saturated heterocycles. The van der Waals surface area contributed by atoms with Gasteiger partial charge in [-0.3, -0.25) is 4.79 Å². The Labute approximate surface area is 124 Å². The second kappa shape index (κ2) is 5.63. The Bertz CT molecular complexity index is 620. The Balaban J connectivity index is 2.29. The molecule has 0 aliphatic heterocycles. The molecule has 0 heterocycles. The van der Waals surface area contributed by atoms with Crippen molar-refractivity contribution in [3.8, 4) is 0 Å². The van der Waals surface area contributed by atoms with Crippen molar-refractivity contribution in [3.63, 3.8) is 0 Å². The van der Waals surface area contributed by atoms with Gasteiger partial charge in [-0.15, -0.1) is 0 Å². The second-order valence-corrected chi connectivity index (χ2v) is 5.47. The van der Waals surface area contributed by atoms with Gasteiger partial charge in [-0.25, -0.2) is 0 Å². The third-order valence-electron chi connectivity index (χ3n) is 2.59. The van der Waals surface area contributed by atoms with Crippen molar-refractivity contribution < 1.29 is 4.79 Å². The van der Waals surface area contributed by atoms with Crippen molar-refractivity contribution in [1.82, 2.24) is 0 Å². The number of nitrogens with two attached hydrogens (primary N) is 1. The second-order valence-electron chi connectivity index (χ2n) is 4.18. The highest BCUT2D eigenvalue weighted by Gasteiger charge is 2.11. The normalized spacial score (nSPS) is 10.3. The standard InChI is InChI=1S/C14H12BrClN2O/c1-8-5-11(15)13(12(17)6-8)18-14(19)9-3-2-4-10(16)7-9/h2-7H,17H2,1H3,(H,18,19). The predicted octanol–water partition coefficient (Wildman–Crippen LogP) is 4.25. The number of nitrogens with one attached hydrogen (secondary N) is 1. The Morgan fingerprint density at radius 2 is 2.05 bits per heavy atom. The Morgan fingerprint density at radius 3 is 2.68 bits per heavy atom. The van der Waals surface area contributed by atoms with Crippen LogP contribution in [0.4, 0.5) is 11.4 Å². The average molecular weight is 340 g/mol. The summed E-state index contributed by atoms with van der Waals surface area (Å²) in [4.78, 5) is 12.1. The first-order valence-corrected chi connectivity index (χ1v) is 6.77. The fourth-order valence-corrected chi connectivity index (χ4v) is 2.60. The fraction of sp³-hybridized carbons (Fsp3) is 0.0714. The van der Waals surface area contributed by atoms with Crippen LogP contribution in [-0.4, -0.2) is 5.91 Å². The molecule has 0 bridgehead atoms. The smallest absolute Gasteiger partial charge is 0.255 e. The van der Waals surface area contributed by atoms with Gasteiger partial charge in [0.15, 0.2) is 0 Å². The highest BCUT2D eigenvalue weighted by molar-refractivity contribution is 9.10. The topological polar surface area (TPSA) is 55.1 Å². The van der Waals surface area contributed by atoms with E-state index < -0.39 is 0 Å². The van der Waals surface area contributed by atoms with E-state index in [9.17, 15) is 4.79 Å². The van der Waals surface area contributed by atoms with Crippen LogP contribution in [-0.2, 0) is 0 Å². The van der Waals surface area contributed by atoms with Crippen LogP contribution in [0.1, 0.15) is 15.9 Å². The number of hydrogen-bond donors (Lipinski definition) is 2. The van der Waals surface area contributed by atoms with E-state index in [0.717, 1.165) is 10.0 Å². The number of benzene rings is 2. The average Bonchev–Trinajstić information content (AvgIpc) is 2.33. The zero-order chi connectivity index (χ0) is 14.0. The lowest BCUT2D eigenvalue weighted by Gasteiger charge is -2.11. The molecule has 3 nitrogen and oxygen atoms in total. The van der Waals surface area contributed by atoms with Crippen molar-refractivity contribution in [1.29, 1.82) is 0 Å². The first-order chi connectivity index (χ1) is 8.97. The molecule has 3 N–H and O–H groups in total. The highest BCUT2D eigenvalue weighted by atomic mass is 79.9. The molecule has 0 aromatic heterocycles. The summed E-state index contributed by atoms with van der Waals surface area (Å²) in [5.41, 5.74) is 8.49. The molecule has 0 aliphatic carbocycles. The van der Waals surface area contributed by atoms with E-state index in [4.69, 9.17) is 17.3 Å². The van der Waals surface area contributed by atoms with E-state index in [2.05, 4.69) is 21.2 Å². The predicted molar refractivity (Wildman–Crippen MR) is 82.7 cm³/mol. The van der Waals surface area contributed by atoms with Crippen LogP contribution >= 0.6 is 27.5 Å². The molecular weight excluding hydrogens is 328 g/mol. The van der Waals surface area contributed by atoms with Crippen molar-refractivity contribution in [2.45, 2.75) is 6.92 Å². The number of anilines is 2. The summed E-state index contributed by atoms with van der Waals surface area (Å²) in [5.74, 6) is -0.251. The van der Waals surface area contributed by atoms with Gasteiger partial charge in [0.2, 0.25) is 0 Å². The number of rotatable bonds is 2. The van der Waals surface area contributed by atoms with Gasteiger partial charge in [-0.05, 0) is 58.7 Å². The summed E-state index contributed by atoms with van der Waals surface area (Å²) in [7, 11) is 0. The molecule has 1 amide bonds. The van der Waals surface area contributed by atoms with E-state index in [1.165, 1.54) is 0 Å². The Morgan fingerprint density at radius 1 is 1.32 bits per heavy atom. The van der Waals surface area contributed by atoms with Gasteiger partial charge in [-0.1, -0.05) is 17.7 Å². The summed E-state index contributed by atoms with van der Waals surface area (Å²) in [6.07, 6.45) is 0. The molecule has 2 aromatic rings. The lowest BCUT2D eigenvalue weighted by Crippen LogP contribution is -2.13. The number of hydrogen-bond acceptors (Lipinski definition) is 2. The van der Waals surface area contributed by atoms with E-state index in [1.807, 2.05) is 13.0 Å². The maximum Gasteiger partial charge on any atom is 0.255 e. The van der Waals surface area contributed by atoms with Gasteiger partial charge in [-0.2, -0.15) is 0 Å². The number of carbonyl (C=O) groups excluding carboxylic acids is 1. The summed E-state index contributed by atoms with van der Waals surface area (Å²) < 4.78 is 0.750.